The minimum atomic E-state index is -5.08. The van der Waals surface area contributed by atoms with Gasteiger partial charge in [0.2, 0.25) is 0 Å². The maximum atomic E-state index is 12.3. The van der Waals surface area contributed by atoms with Crippen molar-refractivity contribution in [1.82, 2.24) is 4.90 Å². The van der Waals surface area contributed by atoms with E-state index in [1.165, 1.54) is 13.8 Å². The number of halogens is 6. The van der Waals surface area contributed by atoms with Gasteiger partial charge in [-0.2, -0.15) is 26.3 Å². The first kappa shape index (κ1) is 17.0. The molecule has 0 aliphatic heterocycles. The van der Waals surface area contributed by atoms with E-state index in [9.17, 15) is 31.1 Å². The normalized spacial score (nSPS) is 15.2. The molecular formula is C9H13F6NO2. The van der Waals surface area contributed by atoms with Crippen LogP contribution >= 0.6 is 0 Å². The largest absolute Gasteiger partial charge is 0.481 e. The number of alkyl halides is 6. The van der Waals surface area contributed by atoms with Crippen molar-refractivity contribution in [3.63, 3.8) is 0 Å². The molecule has 0 fully saturated rings. The molecule has 1 unspecified atom stereocenters. The minimum Gasteiger partial charge on any atom is -0.481 e. The van der Waals surface area contributed by atoms with E-state index in [4.69, 9.17) is 5.11 Å². The Labute approximate surface area is 99.4 Å². The van der Waals surface area contributed by atoms with Crippen molar-refractivity contribution in [2.24, 2.45) is 5.92 Å². The summed E-state index contributed by atoms with van der Waals surface area (Å²) in [4.78, 5) is 10.9. The minimum absolute atomic E-state index is 0.437. The molecule has 1 N–H and O–H groups in total. The first-order valence-corrected chi connectivity index (χ1v) is 4.95. The Morgan fingerprint density at radius 3 is 1.83 bits per heavy atom. The van der Waals surface area contributed by atoms with Crippen LogP contribution in [-0.4, -0.2) is 47.5 Å². The van der Waals surface area contributed by atoms with Crippen molar-refractivity contribution in [1.29, 1.82) is 0 Å². The summed E-state index contributed by atoms with van der Waals surface area (Å²) in [5, 5.41) is 8.41. The second-order valence-electron chi connectivity index (χ2n) is 4.07. The van der Waals surface area contributed by atoms with Gasteiger partial charge >= 0.3 is 18.3 Å². The number of aliphatic carboxylic acids is 1. The Morgan fingerprint density at radius 1 is 1.17 bits per heavy atom. The fourth-order valence-electron chi connectivity index (χ4n) is 1.24. The summed E-state index contributed by atoms with van der Waals surface area (Å²) in [6.45, 7) is -0.275. The van der Waals surface area contributed by atoms with Crippen molar-refractivity contribution < 1.29 is 36.2 Å². The highest BCUT2D eigenvalue weighted by Gasteiger charge is 2.47. The van der Waals surface area contributed by atoms with Gasteiger partial charge in [0.15, 0.2) is 5.92 Å². The van der Waals surface area contributed by atoms with Gasteiger partial charge in [0.25, 0.3) is 0 Å². The predicted octanol–water partition coefficient (Wildman–Crippen LogP) is 2.52. The van der Waals surface area contributed by atoms with E-state index in [0.717, 1.165) is 0 Å². The summed E-state index contributed by atoms with van der Waals surface area (Å²) in [7, 11) is 0. The van der Waals surface area contributed by atoms with Crippen LogP contribution in [0.2, 0.25) is 0 Å². The number of nitrogens with zero attached hydrogens (tertiary/aromatic N) is 1. The lowest BCUT2D eigenvalue weighted by atomic mass is 10.1. The molecule has 0 aliphatic rings. The van der Waals surface area contributed by atoms with Gasteiger partial charge in [-0.15, -0.1) is 0 Å². The fourth-order valence-corrected chi connectivity index (χ4v) is 1.24. The third-order valence-corrected chi connectivity index (χ3v) is 2.22. The van der Waals surface area contributed by atoms with Gasteiger partial charge in [0.1, 0.15) is 0 Å². The SMILES string of the molecule is CC(C)N(CC(C(=O)O)C(F)(F)F)CC(F)(F)F. The Kier molecular flexibility index (Phi) is 5.45. The van der Waals surface area contributed by atoms with Crippen LogP contribution in [0.3, 0.4) is 0 Å². The smallest absolute Gasteiger partial charge is 0.403 e. The van der Waals surface area contributed by atoms with Gasteiger partial charge < -0.3 is 5.11 Å². The lowest BCUT2D eigenvalue weighted by Gasteiger charge is -2.30. The topological polar surface area (TPSA) is 40.5 Å². The second kappa shape index (κ2) is 5.77. The average Bonchev–Trinajstić information content (AvgIpc) is 2.06. The number of carbonyl (C=O) groups is 1. The van der Waals surface area contributed by atoms with E-state index >= 15 is 0 Å². The van der Waals surface area contributed by atoms with Crippen LogP contribution < -0.4 is 0 Å². The molecule has 108 valence electrons. The van der Waals surface area contributed by atoms with Crippen molar-refractivity contribution >= 4 is 5.97 Å². The van der Waals surface area contributed by atoms with Crippen LogP contribution in [0.15, 0.2) is 0 Å². The zero-order valence-corrected chi connectivity index (χ0v) is 9.64. The van der Waals surface area contributed by atoms with Gasteiger partial charge in [0, 0.05) is 12.6 Å². The Hall–Kier alpha value is -0.990. The maximum Gasteiger partial charge on any atom is 0.403 e. The molecule has 18 heavy (non-hydrogen) atoms. The molecule has 1 atom stereocenters. The van der Waals surface area contributed by atoms with Gasteiger partial charge in [-0.25, -0.2) is 0 Å². The Morgan fingerprint density at radius 2 is 1.61 bits per heavy atom. The summed E-state index contributed by atoms with van der Waals surface area (Å²) in [5.74, 6) is -5.02. The lowest BCUT2D eigenvalue weighted by Crippen LogP contribution is -2.47. The van der Waals surface area contributed by atoms with Crippen molar-refractivity contribution in [3.8, 4) is 0 Å². The molecular weight excluding hydrogens is 268 g/mol. The van der Waals surface area contributed by atoms with Crippen LogP contribution in [0, 0.1) is 5.92 Å². The van der Waals surface area contributed by atoms with Crippen LogP contribution in [0.4, 0.5) is 26.3 Å². The third-order valence-electron chi connectivity index (χ3n) is 2.22. The van der Waals surface area contributed by atoms with Crippen LogP contribution in [0.1, 0.15) is 13.8 Å². The van der Waals surface area contributed by atoms with Crippen molar-refractivity contribution in [2.45, 2.75) is 32.2 Å². The van der Waals surface area contributed by atoms with Gasteiger partial charge in [-0.05, 0) is 13.8 Å². The van der Waals surface area contributed by atoms with Crippen LogP contribution in [0.25, 0.3) is 0 Å². The lowest BCUT2D eigenvalue weighted by molar-refractivity contribution is -0.203. The fraction of sp³-hybridized carbons (Fsp3) is 0.889. The van der Waals surface area contributed by atoms with E-state index in [0.29, 0.717) is 4.90 Å². The molecule has 0 aromatic rings. The van der Waals surface area contributed by atoms with Crippen molar-refractivity contribution in [3.05, 3.63) is 0 Å². The molecule has 0 radical (unpaired) electrons. The van der Waals surface area contributed by atoms with Crippen molar-refractivity contribution in [2.75, 3.05) is 13.1 Å². The second-order valence-corrected chi connectivity index (χ2v) is 4.07. The number of carboxylic acid groups (broad SMARTS) is 1. The summed E-state index contributed by atoms with van der Waals surface area (Å²) >= 11 is 0. The molecule has 3 nitrogen and oxygen atoms in total. The van der Waals surface area contributed by atoms with E-state index in [1.807, 2.05) is 0 Å². The number of carboxylic acids is 1. The van der Waals surface area contributed by atoms with Gasteiger partial charge in [-0.1, -0.05) is 0 Å². The molecule has 0 spiro atoms. The monoisotopic (exact) mass is 281 g/mol. The third kappa shape index (κ3) is 6.08. The van der Waals surface area contributed by atoms with Gasteiger partial charge in [0.05, 0.1) is 6.54 Å². The highest BCUT2D eigenvalue weighted by atomic mass is 19.4. The van der Waals surface area contributed by atoms with E-state index in [2.05, 4.69) is 0 Å². The Balaban J connectivity index is 4.90. The zero-order valence-electron chi connectivity index (χ0n) is 9.64. The Bertz CT molecular complexity index is 286. The standard InChI is InChI=1S/C9H13F6NO2/c1-5(2)16(4-8(10,11)12)3-6(7(17)18)9(13,14)15/h5-6H,3-4H2,1-2H3,(H,17,18). The molecule has 0 saturated carbocycles. The van der Waals surface area contributed by atoms with E-state index in [-0.39, 0.29) is 0 Å². The van der Waals surface area contributed by atoms with Crippen LogP contribution in [0.5, 0.6) is 0 Å². The highest BCUT2D eigenvalue weighted by molar-refractivity contribution is 5.71. The molecule has 0 rings (SSSR count). The summed E-state index contributed by atoms with van der Waals surface area (Å²) in [5.41, 5.74) is 0. The number of hydrogen-bond donors (Lipinski definition) is 1. The molecule has 0 amide bonds. The quantitative estimate of drug-likeness (QED) is 0.787. The van der Waals surface area contributed by atoms with E-state index < -0.39 is 43.4 Å². The summed E-state index contributed by atoms with van der Waals surface area (Å²) < 4.78 is 73.4. The molecule has 0 bridgehead atoms. The average molecular weight is 281 g/mol. The molecule has 0 aromatic heterocycles. The van der Waals surface area contributed by atoms with Gasteiger partial charge in [-0.3, -0.25) is 9.69 Å². The molecule has 9 heteroatoms. The summed E-state index contributed by atoms with van der Waals surface area (Å²) in [6, 6.07) is -0.851. The predicted molar refractivity (Wildman–Crippen MR) is 49.9 cm³/mol. The number of rotatable bonds is 5. The van der Waals surface area contributed by atoms with Crippen LogP contribution in [-0.2, 0) is 4.79 Å². The molecule has 0 aromatic carbocycles. The first-order valence-electron chi connectivity index (χ1n) is 4.95. The molecule has 0 aliphatic carbocycles. The summed E-state index contributed by atoms with van der Waals surface area (Å²) in [6.07, 6.45) is -9.76. The molecule has 0 saturated heterocycles. The number of hydrogen-bond acceptors (Lipinski definition) is 2. The first-order chi connectivity index (χ1) is 7.84. The zero-order chi connectivity index (χ0) is 14.7. The van der Waals surface area contributed by atoms with E-state index in [1.54, 1.807) is 0 Å². The highest BCUT2D eigenvalue weighted by Crippen LogP contribution is 2.29. The molecule has 0 heterocycles. The maximum absolute atomic E-state index is 12.3.